The Kier molecular flexibility index (Phi) is 6.41. The Labute approximate surface area is 133 Å². The van der Waals surface area contributed by atoms with E-state index in [-0.39, 0.29) is 11.6 Å². The van der Waals surface area contributed by atoms with Crippen molar-refractivity contribution in [3.63, 3.8) is 0 Å². The van der Waals surface area contributed by atoms with Crippen molar-refractivity contribution < 1.29 is 9.53 Å². The van der Waals surface area contributed by atoms with Crippen molar-refractivity contribution in [2.24, 2.45) is 7.05 Å². The SMILES string of the molecule is CCC(CC)(CNCc1cnn(C)c1)NC(=O)OC(C)(C)C. The van der Waals surface area contributed by atoms with Gasteiger partial charge in [0.1, 0.15) is 5.60 Å². The Balaban J connectivity index is 2.56. The average Bonchev–Trinajstić information content (AvgIpc) is 2.81. The zero-order chi connectivity index (χ0) is 16.8. The number of hydrogen-bond acceptors (Lipinski definition) is 4. The van der Waals surface area contributed by atoms with E-state index in [1.54, 1.807) is 4.68 Å². The van der Waals surface area contributed by atoms with E-state index in [2.05, 4.69) is 29.6 Å². The normalized spacial score (nSPS) is 12.3. The van der Waals surface area contributed by atoms with Gasteiger partial charge in [-0.15, -0.1) is 0 Å². The lowest BCUT2D eigenvalue weighted by atomic mass is 9.93. The third-order valence-electron chi connectivity index (χ3n) is 3.67. The summed E-state index contributed by atoms with van der Waals surface area (Å²) in [7, 11) is 1.90. The standard InChI is InChI=1S/C16H30N4O2/c1-7-16(8-2,19-14(21)22-15(3,4)5)12-17-9-13-10-18-20(6)11-13/h10-11,17H,7-9,12H2,1-6H3,(H,19,21). The zero-order valence-corrected chi connectivity index (χ0v) is 14.7. The molecule has 1 aromatic rings. The number of aryl methyl sites for hydroxylation is 1. The molecule has 2 N–H and O–H groups in total. The molecule has 1 aromatic heterocycles. The third kappa shape index (κ3) is 6.05. The molecule has 0 aliphatic heterocycles. The van der Waals surface area contributed by atoms with E-state index >= 15 is 0 Å². The molecule has 0 fully saturated rings. The maximum Gasteiger partial charge on any atom is 0.408 e. The summed E-state index contributed by atoms with van der Waals surface area (Å²) in [5.74, 6) is 0. The first-order chi connectivity index (χ1) is 10.2. The van der Waals surface area contributed by atoms with Crippen LogP contribution in [0.15, 0.2) is 12.4 Å². The Bertz CT molecular complexity index is 473. The Morgan fingerprint density at radius 1 is 1.32 bits per heavy atom. The highest BCUT2D eigenvalue weighted by atomic mass is 16.6. The highest BCUT2D eigenvalue weighted by Gasteiger charge is 2.30. The average molecular weight is 310 g/mol. The molecule has 6 nitrogen and oxygen atoms in total. The van der Waals surface area contributed by atoms with Gasteiger partial charge >= 0.3 is 6.09 Å². The van der Waals surface area contributed by atoms with Crippen LogP contribution in [0, 0.1) is 0 Å². The smallest absolute Gasteiger partial charge is 0.408 e. The molecule has 1 heterocycles. The predicted molar refractivity (Wildman–Crippen MR) is 87.6 cm³/mol. The maximum atomic E-state index is 12.1. The summed E-state index contributed by atoms with van der Waals surface area (Å²) in [4.78, 5) is 12.1. The van der Waals surface area contributed by atoms with Crippen LogP contribution >= 0.6 is 0 Å². The summed E-state index contributed by atoms with van der Waals surface area (Å²) < 4.78 is 7.15. The van der Waals surface area contributed by atoms with Crippen molar-refractivity contribution in [2.45, 2.75) is 65.1 Å². The van der Waals surface area contributed by atoms with Gasteiger partial charge in [0, 0.05) is 31.9 Å². The van der Waals surface area contributed by atoms with Crippen LogP contribution in [0.5, 0.6) is 0 Å². The van der Waals surface area contributed by atoms with E-state index in [1.807, 2.05) is 40.2 Å². The van der Waals surface area contributed by atoms with Crippen molar-refractivity contribution in [3.05, 3.63) is 18.0 Å². The lowest BCUT2D eigenvalue weighted by Crippen LogP contribution is -2.55. The number of alkyl carbamates (subject to hydrolysis) is 1. The summed E-state index contributed by atoms with van der Waals surface area (Å²) in [5.41, 5.74) is 0.339. The molecule has 126 valence electrons. The van der Waals surface area contributed by atoms with E-state index in [9.17, 15) is 4.79 Å². The number of aromatic nitrogens is 2. The van der Waals surface area contributed by atoms with E-state index in [4.69, 9.17) is 4.74 Å². The largest absolute Gasteiger partial charge is 0.444 e. The van der Waals surface area contributed by atoms with Crippen molar-refractivity contribution in [1.82, 2.24) is 20.4 Å². The second-order valence-electron chi connectivity index (χ2n) is 6.74. The van der Waals surface area contributed by atoms with Crippen LogP contribution < -0.4 is 10.6 Å². The van der Waals surface area contributed by atoms with Gasteiger partial charge in [0.25, 0.3) is 0 Å². The molecular formula is C16H30N4O2. The van der Waals surface area contributed by atoms with Crippen molar-refractivity contribution >= 4 is 6.09 Å². The number of hydrogen-bond donors (Lipinski definition) is 2. The number of ether oxygens (including phenoxy) is 1. The van der Waals surface area contributed by atoms with Crippen LogP contribution in [0.25, 0.3) is 0 Å². The van der Waals surface area contributed by atoms with Crippen LogP contribution in [0.4, 0.5) is 4.79 Å². The number of carbonyl (C=O) groups is 1. The van der Waals surface area contributed by atoms with Crippen LogP contribution in [0.3, 0.4) is 0 Å². The molecule has 1 amide bonds. The Morgan fingerprint density at radius 2 is 1.95 bits per heavy atom. The monoisotopic (exact) mass is 310 g/mol. The number of rotatable bonds is 7. The topological polar surface area (TPSA) is 68.2 Å². The lowest BCUT2D eigenvalue weighted by molar-refractivity contribution is 0.0446. The van der Waals surface area contributed by atoms with Crippen LogP contribution in [-0.4, -0.2) is 33.6 Å². The van der Waals surface area contributed by atoms with Gasteiger partial charge < -0.3 is 15.4 Å². The van der Waals surface area contributed by atoms with Gasteiger partial charge in [0.05, 0.1) is 11.7 Å². The highest BCUT2D eigenvalue weighted by Crippen LogP contribution is 2.16. The molecule has 6 heteroatoms. The fourth-order valence-corrected chi connectivity index (χ4v) is 2.25. The van der Waals surface area contributed by atoms with E-state index in [0.29, 0.717) is 6.54 Å². The van der Waals surface area contributed by atoms with E-state index in [0.717, 1.165) is 24.9 Å². The molecule has 0 aliphatic rings. The molecular weight excluding hydrogens is 280 g/mol. The lowest BCUT2D eigenvalue weighted by Gasteiger charge is -2.34. The minimum atomic E-state index is -0.486. The highest BCUT2D eigenvalue weighted by molar-refractivity contribution is 5.68. The Morgan fingerprint density at radius 3 is 2.41 bits per heavy atom. The molecule has 0 unspecified atom stereocenters. The number of amides is 1. The van der Waals surface area contributed by atoms with Crippen LogP contribution in [0.1, 0.15) is 53.0 Å². The van der Waals surface area contributed by atoms with Crippen LogP contribution in [0.2, 0.25) is 0 Å². The molecule has 0 saturated carbocycles. The fourth-order valence-electron chi connectivity index (χ4n) is 2.25. The van der Waals surface area contributed by atoms with Gasteiger partial charge in [-0.25, -0.2) is 4.79 Å². The first-order valence-electron chi connectivity index (χ1n) is 7.89. The van der Waals surface area contributed by atoms with Gasteiger partial charge in [-0.2, -0.15) is 5.10 Å². The number of carbonyl (C=O) groups excluding carboxylic acids is 1. The molecule has 0 bridgehead atoms. The molecule has 0 spiro atoms. The van der Waals surface area contributed by atoms with Gasteiger partial charge in [0.2, 0.25) is 0 Å². The van der Waals surface area contributed by atoms with E-state index in [1.165, 1.54) is 0 Å². The molecule has 0 aromatic carbocycles. The molecule has 0 aliphatic carbocycles. The second-order valence-corrected chi connectivity index (χ2v) is 6.74. The van der Waals surface area contributed by atoms with E-state index < -0.39 is 5.60 Å². The summed E-state index contributed by atoms with van der Waals surface area (Å²) in [5, 5.41) is 10.6. The third-order valence-corrected chi connectivity index (χ3v) is 3.67. The molecule has 22 heavy (non-hydrogen) atoms. The van der Waals surface area contributed by atoms with Gasteiger partial charge in [0.15, 0.2) is 0 Å². The Hall–Kier alpha value is -1.56. The van der Waals surface area contributed by atoms with Gasteiger partial charge in [-0.1, -0.05) is 13.8 Å². The zero-order valence-electron chi connectivity index (χ0n) is 14.7. The summed E-state index contributed by atoms with van der Waals surface area (Å²) >= 11 is 0. The molecule has 0 radical (unpaired) electrons. The van der Waals surface area contributed by atoms with Crippen molar-refractivity contribution in [1.29, 1.82) is 0 Å². The molecule has 0 saturated heterocycles. The summed E-state index contributed by atoms with van der Waals surface area (Å²) in [6.07, 6.45) is 5.13. The minimum absolute atomic E-state index is 0.301. The minimum Gasteiger partial charge on any atom is -0.444 e. The molecule has 1 rings (SSSR count). The van der Waals surface area contributed by atoms with Gasteiger partial charge in [-0.05, 0) is 33.6 Å². The van der Waals surface area contributed by atoms with Crippen molar-refractivity contribution in [2.75, 3.05) is 6.54 Å². The van der Waals surface area contributed by atoms with Crippen LogP contribution in [-0.2, 0) is 18.3 Å². The van der Waals surface area contributed by atoms with Gasteiger partial charge in [-0.3, -0.25) is 4.68 Å². The quantitative estimate of drug-likeness (QED) is 0.812. The summed E-state index contributed by atoms with van der Waals surface area (Å²) in [6, 6.07) is 0. The number of nitrogens with one attached hydrogen (secondary N) is 2. The maximum absolute atomic E-state index is 12.1. The number of nitrogens with zero attached hydrogens (tertiary/aromatic N) is 2. The fraction of sp³-hybridized carbons (Fsp3) is 0.750. The second kappa shape index (κ2) is 7.63. The molecule has 0 atom stereocenters. The first-order valence-corrected chi connectivity index (χ1v) is 7.89. The first kappa shape index (κ1) is 18.5. The van der Waals surface area contributed by atoms with Crippen molar-refractivity contribution in [3.8, 4) is 0 Å². The predicted octanol–water partition coefficient (Wildman–Crippen LogP) is 2.59. The summed E-state index contributed by atoms with van der Waals surface area (Å²) in [6.45, 7) is 11.2.